The summed E-state index contributed by atoms with van der Waals surface area (Å²) >= 11 is 0. The fourth-order valence-corrected chi connectivity index (χ4v) is 2.69. The maximum atomic E-state index is 13.6. The van der Waals surface area contributed by atoms with Crippen LogP contribution in [0.5, 0.6) is 5.75 Å². The molecule has 0 radical (unpaired) electrons. The van der Waals surface area contributed by atoms with E-state index in [4.69, 9.17) is 4.74 Å². The number of benzene rings is 2. The van der Waals surface area contributed by atoms with E-state index < -0.39 is 15.8 Å². The summed E-state index contributed by atoms with van der Waals surface area (Å²) in [6, 6.07) is 10.1. The van der Waals surface area contributed by atoms with Crippen molar-refractivity contribution in [2.75, 3.05) is 11.8 Å². The minimum absolute atomic E-state index is 0.0744. The Bertz CT molecular complexity index is 712. The summed E-state index contributed by atoms with van der Waals surface area (Å²) < 4.78 is 45.1. The third-order valence-corrected chi connectivity index (χ3v) is 4.13. The zero-order valence-electron chi connectivity index (χ0n) is 11.1. The Morgan fingerprint density at radius 1 is 1.10 bits per heavy atom. The van der Waals surface area contributed by atoms with Crippen molar-refractivity contribution in [3.05, 3.63) is 53.8 Å². The smallest absolute Gasteiger partial charge is 0.261 e. The van der Waals surface area contributed by atoms with Crippen LogP contribution in [-0.2, 0) is 10.0 Å². The van der Waals surface area contributed by atoms with Gasteiger partial charge in [0.1, 0.15) is 11.6 Å². The number of aryl methyl sites for hydroxylation is 1. The van der Waals surface area contributed by atoms with Gasteiger partial charge in [0, 0.05) is 6.07 Å². The second-order valence-corrected chi connectivity index (χ2v) is 5.95. The fourth-order valence-electron chi connectivity index (χ4n) is 1.63. The molecule has 2 aromatic carbocycles. The van der Waals surface area contributed by atoms with Crippen LogP contribution in [0.3, 0.4) is 0 Å². The minimum Gasteiger partial charge on any atom is -0.497 e. The number of halogens is 1. The number of ether oxygens (including phenoxy) is 1. The molecule has 1 N–H and O–H groups in total. The lowest BCUT2D eigenvalue weighted by Crippen LogP contribution is -2.14. The lowest BCUT2D eigenvalue weighted by Gasteiger charge is -2.10. The molecule has 0 aliphatic heterocycles. The highest BCUT2D eigenvalue weighted by Crippen LogP contribution is 2.24. The van der Waals surface area contributed by atoms with Crippen LogP contribution in [0.15, 0.2) is 47.4 Å². The SMILES string of the molecule is COc1ccc(F)c(NS(=O)(=O)c2ccc(C)cc2)c1. The van der Waals surface area contributed by atoms with Crippen LogP contribution in [0.4, 0.5) is 10.1 Å². The summed E-state index contributed by atoms with van der Waals surface area (Å²) in [6.45, 7) is 1.85. The molecule has 4 nitrogen and oxygen atoms in total. The van der Waals surface area contributed by atoms with Crippen molar-refractivity contribution in [2.24, 2.45) is 0 Å². The largest absolute Gasteiger partial charge is 0.497 e. The summed E-state index contributed by atoms with van der Waals surface area (Å²) in [5.74, 6) is -0.297. The Balaban J connectivity index is 2.35. The van der Waals surface area contributed by atoms with Crippen molar-refractivity contribution in [1.82, 2.24) is 0 Å². The molecule has 0 amide bonds. The van der Waals surface area contributed by atoms with Gasteiger partial charge < -0.3 is 4.74 Å². The van der Waals surface area contributed by atoms with E-state index >= 15 is 0 Å². The van der Waals surface area contributed by atoms with Crippen LogP contribution < -0.4 is 9.46 Å². The van der Waals surface area contributed by atoms with Gasteiger partial charge in [0.2, 0.25) is 0 Å². The molecule has 0 atom stereocenters. The van der Waals surface area contributed by atoms with Crippen LogP contribution >= 0.6 is 0 Å². The number of nitrogens with one attached hydrogen (secondary N) is 1. The zero-order chi connectivity index (χ0) is 14.8. The highest BCUT2D eigenvalue weighted by molar-refractivity contribution is 7.92. The predicted molar refractivity (Wildman–Crippen MR) is 74.9 cm³/mol. The first kappa shape index (κ1) is 14.3. The lowest BCUT2D eigenvalue weighted by molar-refractivity contribution is 0.414. The van der Waals surface area contributed by atoms with E-state index in [1.807, 2.05) is 6.92 Å². The first-order valence-corrected chi connectivity index (χ1v) is 7.34. The average molecular weight is 295 g/mol. The van der Waals surface area contributed by atoms with Crippen LogP contribution in [0.25, 0.3) is 0 Å². The molecule has 0 fully saturated rings. The van der Waals surface area contributed by atoms with Gasteiger partial charge in [-0.15, -0.1) is 0 Å². The molecule has 0 saturated carbocycles. The fraction of sp³-hybridized carbons (Fsp3) is 0.143. The van der Waals surface area contributed by atoms with Crippen LogP contribution in [0, 0.1) is 12.7 Å². The van der Waals surface area contributed by atoms with E-state index in [9.17, 15) is 12.8 Å². The Morgan fingerprint density at radius 3 is 2.35 bits per heavy atom. The van der Waals surface area contributed by atoms with Gasteiger partial charge in [-0.05, 0) is 31.2 Å². The standard InChI is InChI=1S/C14H14FNO3S/c1-10-3-6-12(7-4-10)20(17,18)16-14-9-11(19-2)5-8-13(14)15/h3-9,16H,1-2H3. The van der Waals surface area contributed by atoms with Gasteiger partial charge in [0.25, 0.3) is 10.0 Å². The van der Waals surface area contributed by atoms with E-state index in [-0.39, 0.29) is 10.6 Å². The molecule has 0 aromatic heterocycles. The van der Waals surface area contributed by atoms with E-state index in [2.05, 4.69) is 4.72 Å². The first-order valence-electron chi connectivity index (χ1n) is 5.85. The van der Waals surface area contributed by atoms with Crippen molar-refractivity contribution in [1.29, 1.82) is 0 Å². The van der Waals surface area contributed by atoms with Crippen molar-refractivity contribution in [3.8, 4) is 5.75 Å². The van der Waals surface area contributed by atoms with Gasteiger partial charge in [0.05, 0.1) is 17.7 Å². The average Bonchev–Trinajstić information content (AvgIpc) is 2.41. The van der Waals surface area contributed by atoms with Crippen molar-refractivity contribution >= 4 is 15.7 Å². The van der Waals surface area contributed by atoms with Crippen LogP contribution in [0.2, 0.25) is 0 Å². The van der Waals surface area contributed by atoms with Gasteiger partial charge >= 0.3 is 0 Å². The van der Waals surface area contributed by atoms with E-state index in [1.165, 1.54) is 31.4 Å². The van der Waals surface area contributed by atoms with E-state index in [1.54, 1.807) is 12.1 Å². The molecule has 0 aliphatic carbocycles. The molecule has 2 aromatic rings. The van der Waals surface area contributed by atoms with Gasteiger partial charge in [-0.25, -0.2) is 12.8 Å². The molecule has 6 heteroatoms. The second-order valence-electron chi connectivity index (χ2n) is 4.26. The maximum absolute atomic E-state index is 13.6. The predicted octanol–water partition coefficient (Wildman–Crippen LogP) is 2.94. The highest BCUT2D eigenvalue weighted by atomic mass is 32.2. The summed E-state index contributed by atoms with van der Waals surface area (Å²) in [5, 5.41) is 0. The third kappa shape index (κ3) is 3.08. The number of sulfonamides is 1. The number of hydrogen-bond acceptors (Lipinski definition) is 3. The monoisotopic (exact) mass is 295 g/mol. The summed E-state index contributed by atoms with van der Waals surface area (Å²) in [6.07, 6.45) is 0. The van der Waals surface area contributed by atoms with Crippen molar-refractivity contribution < 1.29 is 17.5 Å². The molecule has 0 bridgehead atoms. The maximum Gasteiger partial charge on any atom is 0.261 e. The molecule has 0 saturated heterocycles. The molecule has 0 heterocycles. The van der Waals surface area contributed by atoms with E-state index in [0.717, 1.165) is 11.6 Å². The van der Waals surface area contributed by atoms with Crippen LogP contribution in [-0.4, -0.2) is 15.5 Å². The Morgan fingerprint density at radius 2 is 1.75 bits per heavy atom. The molecule has 0 unspecified atom stereocenters. The van der Waals surface area contributed by atoms with Gasteiger partial charge in [0.15, 0.2) is 0 Å². The van der Waals surface area contributed by atoms with E-state index in [0.29, 0.717) is 5.75 Å². The van der Waals surface area contributed by atoms with Crippen molar-refractivity contribution in [3.63, 3.8) is 0 Å². The molecular formula is C14H14FNO3S. The summed E-state index contributed by atoms with van der Waals surface area (Å²) in [7, 11) is -2.40. The van der Waals surface area contributed by atoms with Crippen molar-refractivity contribution in [2.45, 2.75) is 11.8 Å². The van der Waals surface area contributed by atoms with Gasteiger partial charge in [-0.1, -0.05) is 17.7 Å². The number of hydrogen-bond donors (Lipinski definition) is 1. The molecule has 20 heavy (non-hydrogen) atoms. The van der Waals surface area contributed by atoms with Gasteiger partial charge in [-0.2, -0.15) is 0 Å². The number of anilines is 1. The Hall–Kier alpha value is -2.08. The molecule has 2 rings (SSSR count). The van der Waals surface area contributed by atoms with Gasteiger partial charge in [-0.3, -0.25) is 4.72 Å². The number of rotatable bonds is 4. The number of methoxy groups -OCH3 is 1. The second kappa shape index (κ2) is 5.50. The summed E-state index contributed by atoms with van der Waals surface area (Å²) in [4.78, 5) is 0.0744. The highest BCUT2D eigenvalue weighted by Gasteiger charge is 2.16. The minimum atomic E-state index is -3.82. The van der Waals surface area contributed by atoms with Crippen LogP contribution in [0.1, 0.15) is 5.56 Å². The Labute approximate surface area is 117 Å². The molecule has 0 aliphatic rings. The quantitative estimate of drug-likeness (QED) is 0.943. The molecular weight excluding hydrogens is 281 g/mol. The third-order valence-electron chi connectivity index (χ3n) is 2.75. The molecule has 106 valence electrons. The molecule has 0 spiro atoms. The first-order chi connectivity index (χ1) is 9.42. The Kier molecular flexibility index (Phi) is 3.94. The summed E-state index contributed by atoms with van der Waals surface area (Å²) in [5.41, 5.74) is 0.793. The topological polar surface area (TPSA) is 55.4 Å². The lowest BCUT2D eigenvalue weighted by atomic mass is 10.2. The zero-order valence-corrected chi connectivity index (χ0v) is 11.9. The normalized spacial score (nSPS) is 11.2.